The van der Waals surface area contributed by atoms with Gasteiger partial charge in [-0.25, -0.2) is 4.98 Å². The van der Waals surface area contributed by atoms with Crippen molar-refractivity contribution >= 4 is 17.6 Å². The van der Waals surface area contributed by atoms with Gasteiger partial charge in [0.15, 0.2) is 0 Å². The van der Waals surface area contributed by atoms with Gasteiger partial charge in [0.1, 0.15) is 5.82 Å². The fraction of sp³-hybridized carbons (Fsp3) is 0.667. The second kappa shape index (κ2) is 6.14. The van der Waals surface area contributed by atoms with Crippen molar-refractivity contribution in [3.63, 3.8) is 0 Å². The van der Waals surface area contributed by atoms with Gasteiger partial charge < -0.3 is 10.2 Å². The summed E-state index contributed by atoms with van der Waals surface area (Å²) in [4.78, 5) is 7.16. The van der Waals surface area contributed by atoms with Crippen molar-refractivity contribution in [3.8, 4) is 0 Å². The quantitative estimate of drug-likeness (QED) is 0.921. The number of aromatic nitrogens is 1. The smallest absolute Gasteiger partial charge is 0.129 e. The zero-order chi connectivity index (χ0) is 13.9. The maximum Gasteiger partial charge on any atom is 0.129 e. The Morgan fingerprint density at radius 3 is 2.89 bits per heavy atom. The first kappa shape index (κ1) is 14.7. The lowest BCUT2D eigenvalue weighted by Gasteiger charge is -2.24. The summed E-state index contributed by atoms with van der Waals surface area (Å²) < 4.78 is 0.395. The Hall–Kier alpha value is -0.740. The summed E-state index contributed by atoms with van der Waals surface area (Å²) in [5.74, 6) is 2.33. The Morgan fingerprint density at radius 2 is 2.16 bits per heavy atom. The van der Waals surface area contributed by atoms with Crippen LogP contribution in [-0.2, 0) is 6.54 Å². The molecule has 106 valence electrons. The van der Waals surface area contributed by atoms with Gasteiger partial charge in [-0.2, -0.15) is 11.8 Å². The number of hydrogen-bond acceptors (Lipinski definition) is 4. The van der Waals surface area contributed by atoms with Gasteiger partial charge in [-0.15, -0.1) is 0 Å². The van der Waals surface area contributed by atoms with Gasteiger partial charge in [-0.05, 0) is 38.1 Å². The molecule has 3 nitrogen and oxygen atoms in total. The molecule has 0 bridgehead atoms. The molecule has 0 aromatic carbocycles. The van der Waals surface area contributed by atoms with E-state index in [1.807, 2.05) is 7.05 Å². The molecule has 1 aliphatic heterocycles. The van der Waals surface area contributed by atoms with Gasteiger partial charge in [0.2, 0.25) is 0 Å². The van der Waals surface area contributed by atoms with Crippen LogP contribution in [0.15, 0.2) is 12.1 Å². The minimum absolute atomic E-state index is 0.395. The van der Waals surface area contributed by atoms with Gasteiger partial charge in [0, 0.05) is 35.8 Å². The van der Waals surface area contributed by atoms with Crippen LogP contribution < -0.4 is 10.2 Å². The first-order valence-corrected chi connectivity index (χ1v) is 8.00. The molecule has 1 saturated heterocycles. The monoisotopic (exact) mass is 279 g/mol. The molecule has 1 N–H and O–H groups in total. The average molecular weight is 279 g/mol. The van der Waals surface area contributed by atoms with E-state index in [1.165, 1.54) is 17.7 Å². The number of nitrogens with one attached hydrogen (secondary N) is 1. The van der Waals surface area contributed by atoms with Crippen LogP contribution in [0.4, 0.5) is 5.82 Å². The van der Waals surface area contributed by atoms with Gasteiger partial charge in [-0.1, -0.05) is 13.8 Å². The van der Waals surface area contributed by atoms with E-state index in [-0.39, 0.29) is 0 Å². The SMILES string of the molecule is CNCc1cc(C)nc(N2CCSC(C)(C)CC2)c1. The topological polar surface area (TPSA) is 28.2 Å². The van der Waals surface area contributed by atoms with Crippen molar-refractivity contribution in [2.45, 2.75) is 38.5 Å². The van der Waals surface area contributed by atoms with E-state index in [2.05, 4.69) is 54.9 Å². The van der Waals surface area contributed by atoms with E-state index in [1.54, 1.807) is 0 Å². The van der Waals surface area contributed by atoms with Gasteiger partial charge in [-0.3, -0.25) is 0 Å². The maximum absolute atomic E-state index is 4.72. The Labute approximate surface area is 121 Å². The fourth-order valence-corrected chi connectivity index (χ4v) is 3.54. The zero-order valence-corrected chi connectivity index (χ0v) is 13.3. The number of pyridine rings is 1. The summed E-state index contributed by atoms with van der Waals surface area (Å²) in [5, 5.41) is 3.22. The van der Waals surface area contributed by atoms with Crippen LogP contribution in [-0.4, -0.2) is 35.6 Å². The predicted molar refractivity (Wildman–Crippen MR) is 85.1 cm³/mol. The van der Waals surface area contributed by atoms with Crippen LogP contribution >= 0.6 is 11.8 Å². The number of nitrogens with zero attached hydrogens (tertiary/aromatic N) is 2. The Kier molecular flexibility index (Phi) is 4.74. The third kappa shape index (κ3) is 4.11. The van der Waals surface area contributed by atoms with E-state index in [9.17, 15) is 0 Å². The van der Waals surface area contributed by atoms with E-state index in [0.717, 1.165) is 31.1 Å². The first-order chi connectivity index (χ1) is 9.00. The lowest BCUT2D eigenvalue weighted by Crippen LogP contribution is -2.28. The fourth-order valence-electron chi connectivity index (χ4n) is 2.44. The second-order valence-corrected chi connectivity index (χ2v) is 7.65. The lowest BCUT2D eigenvalue weighted by atomic mass is 10.1. The molecule has 0 spiro atoms. The van der Waals surface area contributed by atoms with Crippen molar-refractivity contribution in [2.75, 3.05) is 30.8 Å². The van der Waals surface area contributed by atoms with Crippen molar-refractivity contribution in [3.05, 3.63) is 23.4 Å². The van der Waals surface area contributed by atoms with Crippen LogP contribution in [0.25, 0.3) is 0 Å². The molecule has 0 unspecified atom stereocenters. The van der Waals surface area contributed by atoms with E-state index < -0.39 is 0 Å². The minimum Gasteiger partial charge on any atom is -0.356 e. The largest absolute Gasteiger partial charge is 0.356 e. The number of rotatable bonds is 3. The van der Waals surface area contributed by atoms with Crippen molar-refractivity contribution < 1.29 is 0 Å². The third-order valence-electron chi connectivity index (χ3n) is 3.54. The Morgan fingerprint density at radius 1 is 1.37 bits per heavy atom. The average Bonchev–Trinajstić information content (AvgIpc) is 2.50. The standard InChI is InChI=1S/C15H25N3S/c1-12-9-13(11-16-4)10-14(17-12)18-6-5-15(2,3)19-8-7-18/h9-10,16H,5-8,11H2,1-4H3. The summed E-state index contributed by atoms with van der Waals surface area (Å²) in [5.41, 5.74) is 2.43. The third-order valence-corrected chi connectivity index (χ3v) is 4.91. The molecule has 1 aliphatic rings. The van der Waals surface area contributed by atoms with Crippen LogP contribution in [0.5, 0.6) is 0 Å². The van der Waals surface area contributed by atoms with Crippen LogP contribution in [0.2, 0.25) is 0 Å². The van der Waals surface area contributed by atoms with E-state index in [4.69, 9.17) is 4.98 Å². The molecule has 0 aliphatic carbocycles. The van der Waals surface area contributed by atoms with Gasteiger partial charge in [0.05, 0.1) is 0 Å². The molecule has 0 radical (unpaired) electrons. The molecule has 19 heavy (non-hydrogen) atoms. The molecular formula is C15H25N3S. The summed E-state index contributed by atoms with van der Waals surface area (Å²) in [7, 11) is 1.99. The predicted octanol–water partition coefficient (Wildman–Crippen LogP) is 2.83. The summed E-state index contributed by atoms with van der Waals surface area (Å²) in [6, 6.07) is 4.39. The molecular weight excluding hydrogens is 254 g/mol. The highest BCUT2D eigenvalue weighted by molar-refractivity contribution is 8.00. The molecule has 1 aromatic heterocycles. The maximum atomic E-state index is 4.72. The summed E-state index contributed by atoms with van der Waals surface area (Å²) in [6.07, 6.45) is 1.22. The summed E-state index contributed by atoms with van der Waals surface area (Å²) >= 11 is 2.08. The van der Waals surface area contributed by atoms with Crippen LogP contribution in [0.1, 0.15) is 31.5 Å². The Balaban J connectivity index is 2.16. The highest BCUT2D eigenvalue weighted by Gasteiger charge is 2.24. The van der Waals surface area contributed by atoms with Crippen molar-refractivity contribution in [2.24, 2.45) is 0 Å². The highest BCUT2D eigenvalue weighted by atomic mass is 32.2. The van der Waals surface area contributed by atoms with Gasteiger partial charge in [0.25, 0.3) is 0 Å². The first-order valence-electron chi connectivity index (χ1n) is 7.01. The van der Waals surface area contributed by atoms with E-state index >= 15 is 0 Å². The minimum atomic E-state index is 0.395. The Bertz CT molecular complexity index is 431. The number of hydrogen-bond donors (Lipinski definition) is 1. The van der Waals surface area contributed by atoms with Crippen LogP contribution in [0, 0.1) is 6.92 Å². The highest BCUT2D eigenvalue weighted by Crippen LogP contribution is 2.32. The number of aryl methyl sites for hydroxylation is 1. The zero-order valence-electron chi connectivity index (χ0n) is 12.5. The second-order valence-electron chi connectivity index (χ2n) is 5.85. The number of anilines is 1. The molecule has 2 heterocycles. The summed E-state index contributed by atoms with van der Waals surface area (Å²) in [6.45, 7) is 9.89. The van der Waals surface area contributed by atoms with Gasteiger partial charge >= 0.3 is 0 Å². The molecule has 0 saturated carbocycles. The molecule has 1 aromatic rings. The van der Waals surface area contributed by atoms with Crippen molar-refractivity contribution in [1.29, 1.82) is 0 Å². The number of thioether (sulfide) groups is 1. The molecule has 0 atom stereocenters. The molecule has 1 fully saturated rings. The molecule has 2 rings (SSSR count). The van der Waals surface area contributed by atoms with Crippen LogP contribution in [0.3, 0.4) is 0 Å². The lowest BCUT2D eigenvalue weighted by molar-refractivity contribution is 0.634. The molecule has 0 amide bonds. The molecule has 4 heteroatoms. The van der Waals surface area contributed by atoms with E-state index in [0.29, 0.717) is 4.75 Å². The van der Waals surface area contributed by atoms with Crippen molar-refractivity contribution in [1.82, 2.24) is 10.3 Å². The normalized spacial score (nSPS) is 19.3.